The van der Waals surface area contributed by atoms with Crippen LogP contribution in [0.1, 0.15) is 0 Å². The Morgan fingerprint density at radius 3 is 2.72 bits per heavy atom. The topological polar surface area (TPSA) is 72.7 Å². The first-order valence-corrected chi connectivity index (χ1v) is 8.97. The van der Waals surface area contributed by atoms with E-state index in [1.807, 2.05) is 19.2 Å². The number of benzene rings is 1. The summed E-state index contributed by atoms with van der Waals surface area (Å²) in [6, 6.07) is 10.6. The Morgan fingerprint density at radius 2 is 2.00 bits per heavy atom. The molecule has 0 atom stereocenters. The summed E-state index contributed by atoms with van der Waals surface area (Å²) < 4.78 is 1.80. The number of carbonyl (C=O) groups excluding carboxylic acids is 1. The molecule has 9 heteroatoms. The lowest BCUT2D eigenvalue weighted by Gasteiger charge is -2.07. The molecule has 0 aliphatic heterocycles. The van der Waals surface area contributed by atoms with Gasteiger partial charge in [-0.25, -0.2) is 4.98 Å². The van der Waals surface area contributed by atoms with Crippen LogP contribution >= 0.6 is 35.0 Å². The fourth-order valence-electron chi connectivity index (χ4n) is 2.08. The highest BCUT2D eigenvalue weighted by atomic mass is 35.5. The second kappa shape index (κ2) is 7.86. The van der Waals surface area contributed by atoms with Gasteiger partial charge in [0.1, 0.15) is 5.15 Å². The summed E-state index contributed by atoms with van der Waals surface area (Å²) in [4.78, 5) is 16.1. The maximum absolute atomic E-state index is 12.1. The molecule has 0 saturated carbocycles. The van der Waals surface area contributed by atoms with Gasteiger partial charge in [0.25, 0.3) is 0 Å². The molecule has 2 heterocycles. The summed E-state index contributed by atoms with van der Waals surface area (Å²) in [6.45, 7) is 0. The second-order valence-electron chi connectivity index (χ2n) is 5.05. The molecule has 1 amide bonds. The fourth-order valence-corrected chi connectivity index (χ4v) is 3.08. The third-order valence-corrected chi connectivity index (χ3v) is 4.87. The molecule has 0 saturated heterocycles. The molecule has 25 heavy (non-hydrogen) atoms. The molecule has 0 bridgehead atoms. The van der Waals surface area contributed by atoms with Gasteiger partial charge in [0.2, 0.25) is 5.91 Å². The normalized spacial score (nSPS) is 10.7. The largest absolute Gasteiger partial charge is 0.324 e. The summed E-state index contributed by atoms with van der Waals surface area (Å²) in [5.41, 5.74) is 1.38. The maximum Gasteiger partial charge on any atom is 0.234 e. The first-order valence-electron chi connectivity index (χ1n) is 7.23. The number of aromatic nitrogens is 4. The molecule has 3 aromatic rings. The molecule has 0 spiro atoms. The van der Waals surface area contributed by atoms with Crippen LogP contribution in [0.2, 0.25) is 10.2 Å². The zero-order valence-corrected chi connectivity index (χ0v) is 15.4. The predicted molar refractivity (Wildman–Crippen MR) is 100 cm³/mol. The molecule has 2 aromatic heterocycles. The van der Waals surface area contributed by atoms with Crippen LogP contribution in [0.5, 0.6) is 0 Å². The van der Waals surface area contributed by atoms with Gasteiger partial charge in [-0.05, 0) is 24.3 Å². The van der Waals surface area contributed by atoms with Crippen molar-refractivity contribution in [2.24, 2.45) is 7.05 Å². The number of rotatable bonds is 5. The Bertz CT molecular complexity index is 898. The number of hydrogen-bond donors (Lipinski definition) is 1. The van der Waals surface area contributed by atoms with Gasteiger partial charge in [-0.3, -0.25) is 4.79 Å². The quantitative estimate of drug-likeness (QED) is 0.525. The van der Waals surface area contributed by atoms with Crippen LogP contribution in [0, 0.1) is 0 Å². The number of halogens is 2. The van der Waals surface area contributed by atoms with Crippen LogP contribution in [0.4, 0.5) is 5.69 Å². The van der Waals surface area contributed by atoms with Crippen LogP contribution in [-0.4, -0.2) is 31.4 Å². The summed E-state index contributed by atoms with van der Waals surface area (Å²) >= 11 is 13.1. The highest BCUT2D eigenvalue weighted by Gasteiger charge is 2.13. The summed E-state index contributed by atoms with van der Waals surface area (Å²) in [5.74, 6) is 0.671. The molecule has 1 N–H and O–H groups in total. The number of anilines is 1. The highest BCUT2D eigenvalue weighted by Crippen LogP contribution is 2.24. The molecule has 6 nitrogen and oxygen atoms in total. The number of amides is 1. The first kappa shape index (κ1) is 17.7. The molecule has 0 radical (unpaired) electrons. The van der Waals surface area contributed by atoms with E-state index in [4.69, 9.17) is 23.2 Å². The van der Waals surface area contributed by atoms with Crippen LogP contribution in [-0.2, 0) is 11.8 Å². The highest BCUT2D eigenvalue weighted by molar-refractivity contribution is 7.99. The minimum absolute atomic E-state index is 0.171. The number of nitrogens with one attached hydrogen (secondary N) is 1. The van der Waals surface area contributed by atoms with Gasteiger partial charge in [-0.15, -0.1) is 10.2 Å². The Kier molecular flexibility index (Phi) is 5.57. The van der Waals surface area contributed by atoms with E-state index in [0.717, 1.165) is 5.56 Å². The third kappa shape index (κ3) is 4.31. The number of thioether (sulfide) groups is 1. The Morgan fingerprint density at radius 1 is 1.20 bits per heavy atom. The Hall–Kier alpha value is -2.09. The van der Waals surface area contributed by atoms with Crippen LogP contribution in [0.25, 0.3) is 11.4 Å². The van der Waals surface area contributed by atoms with E-state index in [9.17, 15) is 4.79 Å². The number of hydrogen-bond acceptors (Lipinski definition) is 5. The summed E-state index contributed by atoms with van der Waals surface area (Å²) in [6.07, 6.45) is 1.63. The minimum atomic E-state index is -0.171. The van der Waals surface area contributed by atoms with Gasteiger partial charge in [-0.2, -0.15) is 0 Å². The van der Waals surface area contributed by atoms with Gasteiger partial charge >= 0.3 is 0 Å². The summed E-state index contributed by atoms with van der Waals surface area (Å²) in [5, 5.41) is 12.6. The molecule has 3 rings (SSSR count). The van der Waals surface area contributed by atoms with Gasteiger partial charge in [0.15, 0.2) is 11.0 Å². The van der Waals surface area contributed by atoms with E-state index in [1.54, 1.807) is 35.0 Å². The zero-order valence-electron chi connectivity index (χ0n) is 13.1. The third-order valence-electron chi connectivity index (χ3n) is 3.30. The SMILES string of the molecule is Cn1c(SCC(=O)Nc2ccccc2Cl)nnc1-c1ccc(Cl)nc1. The van der Waals surface area contributed by atoms with Gasteiger partial charge < -0.3 is 9.88 Å². The van der Waals surface area contributed by atoms with Crippen molar-refractivity contribution in [1.29, 1.82) is 0 Å². The average Bonchev–Trinajstić information content (AvgIpc) is 2.97. The van der Waals surface area contributed by atoms with Crippen molar-refractivity contribution in [3.05, 3.63) is 52.8 Å². The molecule has 0 aliphatic rings. The van der Waals surface area contributed by atoms with Crippen molar-refractivity contribution in [2.75, 3.05) is 11.1 Å². The predicted octanol–water partition coefficient (Wildman–Crippen LogP) is 3.91. The number of carbonyl (C=O) groups is 1. The maximum atomic E-state index is 12.1. The molecule has 1 aromatic carbocycles. The lowest BCUT2D eigenvalue weighted by Crippen LogP contribution is -2.14. The lowest BCUT2D eigenvalue weighted by atomic mass is 10.3. The lowest BCUT2D eigenvalue weighted by molar-refractivity contribution is -0.113. The average molecular weight is 394 g/mol. The molecular weight excluding hydrogens is 381 g/mol. The first-order chi connectivity index (χ1) is 12.0. The van der Waals surface area contributed by atoms with Crippen LogP contribution < -0.4 is 5.32 Å². The Balaban J connectivity index is 1.65. The minimum Gasteiger partial charge on any atom is -0.324 e. The van der Waals surface area contributed by atoms with Crippen molar-refractivity contribution in [3.8, 4) is 11.4 Å². The number of para-hydroxylation sites is 1. The van der Waals surface area contributed by atoms with Crippen molar-refractivity contribution in [1.82, 2.24) is 19.7 Å². The van der Waals surface area contributed by atoms with Crippen molar-refractivity contribution >= 4 is 46.6 Å². The van der Waals surface area contributed by atoms with Gasteiger partial charge in [0.05, 0.1) is 16.5 Å². The van der Waals surface area contributed by atoms with Gasteiger partial charge in [0, 0.05) is 18.8 Å². The van der Waals surface area contributed by atoms with Gasteiger partial charge in [-0.1, -0.05) is 47.1 Å². The van der Waals surface area contributed by atoms with Crippen molar-refractivity contribution in [3.63, 3.8) is 0 Å². The molecule has 128 valence electrons. The number of nitrogens with zero attached hydrogens (tertiary/aromatic N) is 4. The number of pyridine rings is 1. The standard InChI is InChI=1S/C16H13Cl2N5OS/c1-23-15(10-6-7-13(18)19-8-10)21-22-16(23)25-9-14(24)20-12-5-3-2-4-11(12)17/h2-8H,9H2,1H3,(H,20,24). The van der Waals surface area contributed by atoms with E-state index < -0.39 is 0 Å². The summed E-state index contributed by atoms with van der Waals surface area (Å²) in [7, 11) is 1.83. The monoisotopic (exact) mass is 393 g/mol. The molecule has 0 unspecified atom stereocenters. The van der Waals surface area contributed by atoms with E-state index in [0.29, 0.717) is 26.8 Å². The van der Waals surface area contributed by atoms with Crippen molar-refractivity contribution in [2.45, 2.75) is 5.16 Å². The zero-order chi connectivity index (χ0) is 17.8. The molecular formula is C16H13Cl2N5OS. The molecule has 0 aliphatic carbocycles. The molecule has 0 fully saturated rings. The second-order valence-corrected chi connectivity index (χ2v) is 6.79. The van der Waals surface area contributed by atoms with E-state index >= 15 is 0 Å². The fraction of sp³-hybridized carbons (Fsp3) is 0.125. The van der Waals surface area contributed by atoms with E-state index in [-0.39, 0.29) is 11.7 Å². The Labute approximate surface area is 158 Å². The van der Waals surface area contributed by atoms with E-state index in [1.165, 1.54) is 11.8 Å². The van der Waals surface area contributed by atoms with E-state index in [2.05, 4.69) is 20.5 Å². The van der Waals surface area contributed by atoms with Crippen molar-refractivity contribution < 1.29 is 4.79 Å². The van der Waals surface area contributed by atoms with Crippen LogP contribution in [0.15, 0.2) is 47.8 Å². The van der Waals surface area contributed by atoms with Crippen LogP contribution in [0.3, 0.4) is 0 Å². The smallest absolute Gasteiger partial charge is 0.234 e.